The maximum Gasteiger partial charge on any atom is 0.227 e. The average molecular weight is 741 g/mol. The van der Waals surface area contributed by atoms with Gasteiger partial charge in [0.05, 0.1) is 0 Å². The van der Waals surface area contributed by atoms with Gasteiger partial charge in [0.15, 0.2) is 5.58 Å². The van der Waals surface area contributed by atoms with Crippen LogP contribution in [0.1, 0.15) is 0 Å². The number of nitrogens with zero attached hydrogens (tertiary/aromatic N) is 2. The first-order valence-electron chi connectivity index (χ1n) is 19.7. The third-order valence-electron chi connectivity index (χ3n) is 11.3. The molecule has 0 radical (unpaired) electrons. The quantitative estimate of drug-likeness (QED) is 0.152. The Kier molecular flexibility index (Phi) is 8.15. The fraction of sp³-hybridized carbons (Fsp3) is 0. The molecule has 3 heteroatoms. The summed E-state index contributed by atoms with van der Waals surface area (Å²) in [7, 11) is 0. The summed E-state index contributed by atoms with van der Waals surface area (Å²) in [6, 6.07) is 77.8. The van der Waals surface area contributed by atoms with Gasteiger partial charge in [-0.05, 0) is 116 Å². The zero-order chi connectivity index (χ0) is 38.4. The molecular formula is C55H36N2O. The summed E-state index contributed by atoms with van der Waals surface area (Å²) in [5, 5.41) is 6.87. The van der Waals surface area contributed by atoms with E-state index in [2.05, 4.69) is 193 Å². The van der Waals surface area contributed by atoms with Gasteiger partial charge in [-0.1, -0.05) is 158 Å². The van der Waals surface area contributed by atoms with Crippen molar-refractivity contribution in [1.29, 1.82) is 0 Å². The number of anilines is 3. The van der Waals surface area contributed by atoms with Gasteiger partial charge in [0.1, 0.15) is 5.52 Å². The summed E-state index contributed by atoms with van der Waals surface area (Å²) >= 11 is 0. The number of hydrogen-bond acceptors (Lipinski definition) is 3. The molecule has 0 spiro atoms. The van der Waals surface area contributed by atoms with Gasteiger partial charge in [0, 0.05) is 33.4 Å². The van der Waals surface area contributed by atoms with Gasteiger partial charge in [0.25, 0.3) is 0 Å². The molecule has 272 valence electrons. The van der Waals surface area contributed by atoms with Gasteiger partial charge in [-0.3, -0.25) is 0 Å². The molecule has 0 fully saturated rings. The van der Waals surface area contributed by atoms with Gasteiger partial charge in [-0.15, -0.1) is 0 Å². The van der Waals surface area contributed by atoms with Crippen molar-refractivity contribution in [3.05, 3.63) is 218 Å². The first-order chi connectivity index (χ1) is 28.7. The van der Waals surface area contributed by atoms with Crippen LogP contribution in [0, 0.1) is 0 Å². The molecule has 0 aliphatic carbocycles. The van der Waals surface area contributed by atoms with Crippen LogP contribution in [-0.2, 0) is 0 Å². The lowest BCUT2D eigenvalue weighted by atomic mass is 9.95. The van der Waals surface area contributed by atoms with Crippen LogP contribution in [0.15, 0.2) is 223 Å². The third kappa shape index (κ3) is 5.98. The van der Waals surface area contributed by atoms with Crippen molar-refractivity contribution in [1.82, 2.24) is 4.98 Å². The molecule has 0 saturated carbocycles. The minimum absolute atomic E-state index is 0.631. The van der Waals surface area contributed by atoms with E-state index in [1.165, 1.54) is 44.2 Å². The van der Waals surface area contributed by atoms with Crippen LogP contribution in [0.3, 0.4) is 0 Å². The maximum absolute atomic E-state index is 6.59. The molecule has 0 saturated heterocycles. The van der Waals surface area contributed by atoms with E-state index < -0.39 is 0 Å². The molecule has 0 amide bonds. The zero-order valence-corrected chi connectivity index (χ0v) is 31.6. The molecule has 0 atom stereocenters. The molecule has 1 aromatic heterocycles. The molecule has 0 aliphatic heterocycles. The molecule has 0 N–H and O–H groups in total. The number of rotatable bonds is 7. The fourth-order valence-electron chi connectivity index (χ4n) is 8.37. The van der Waals surface area contributed by atoms with Crippen LogP contribution in [0.4, 0.5) is 17.1 Å². The minimum Gasteiger partial charge on any atom is -0.435 e. The van der Waals surface area contributed by atoms with Crippen molar-refractivity contribution in [2.24, 2.45) is 0 Å². The molecule has 10 aromatic carbocycles. The van der Waals surface area contributed by atoms with Gasteiger partial charge in [-0.2, -0.15) is 0 Å². The van der Waals surface area contributed by atoms with E-state index in [1.54, 1.807) is 0 Å². The van der Waals surface area contributed by atoms with Crippen molar-refractivity contribution in [3.63, 3.8) is 0 Å². The SMILES string of the molecule is c1ccc(-c2ccc(N(c3ccc(-c4cccc(-c5ccccc5)c4)cc3)c3ccc4c(ccc5ccc6ccc7nc(-c8ccccc8)oc7c6c54)c3)cc2)cc1. The van der Waals surface area contributed by atoms with E-state index in [-0.39, 0.29) is 0 Å². The molecule has 0 bridgehead atoms. The normalized spacial score (nSPS) is 11.4. The van der Waals surface area contributed by atoms with Crippen LogP contribution >= 0.6 is 0 Å². The van der Waals surface area contributed by atoms with Crippen LogP contribution in [-0.4, -0.2) is 4.98 Å². The van der Waals surface area contributed by atoms with Crippen LogP contribution in [0.2, 0.25) is 0 Å². The predicted molar refractivity (Wildman–Crippen MR) is 243 cm³/mol. The summed E-state index contributed by atoms with van der Waals surface area (Å²) in [4.78, 5) is 7.27. The summed E-state index contributed by atoms with van der Waals surface area (Å²) in [6.45, 7) is 0. The summed E-state index contributed by atoms with van der Waals surface area (Å²) in [6.07, 6.45) is 0. The van der Waals surface area contributed by atoms with Crippen molar-refractivity contribution in [3.8, 4) is 44.8 Å². The number of hydrogen-bond donors (Lipinski definition) is 0. The van der Waals surface area contributed by atoms with Crippen LogP contribution < -0.4 is 4.90 Å². The van der Waals surface area contributed by atoms with Gasteiger partial charge >= 0.3 is 0 Å². The van der Waals surface area contributed by atoms with Crippen molar-refractivity contribution >= 4 is 60.5 Å². The van der Waals surface area contributed by atoms with Crippen LogP contribution in [0.5, 0.6) is 0 Å². The van der Waals surface area contributed by atoms with E-state index in [1.807, 2.05) is 30.3 Å². The molecule has 3 nitrogen and oxygen atoms in total. The highest BCUT2D eigenvalue weighted by atomic mass is 16.3. The largest absolute Gasteiger partial charge is 0.435 e. The zero-order valence-electron chi connectivity index (χ0n) is 31.6. The summed E-state index contributed by atoms with van der Waals surface area (Å²) < 4.78 is 6.59. The standard InChI is InChI=1S/C55H36N2O/c1-4-11-37(12-5-1)39-23-28-47(29-24-39)57(48-30-25-40(26-31-48)45-18-10-17-44(35-45)38-13-6-2-7-14-38)49-32-33-50-46(36-49)22-21-41-19-20-42-27-34-51-54(53(42)52(41)50)58-55(56-51)43-15-8-3-9-16-43/h1-36H. The smallest absolute Gasteiger partial charge is 0.227 e. The topological polar surface area (TPSA) is 29.3 Å². The Morgan fingerprint density at radius 1 is 0.328 bits per heavy atom. The van der Waals surface area contributed by atoms with E-state index >= 15 is 0 Å². The molecular weight excluding hydrogens is 705 g/mol. The predicted octanol–water partition coefficient (Wildman–Crippen LogP) is 15.4. The maximum atomic E-state index is 6.59. The lowest BCUT2D eigenvalue weighted by Crippen LogP contribution is -2.09. The van der Waals surface area contributed by atoms with Gasteiger partial charge < -0.3 is 9.32 Å². The highest BCUT2D eigenvalue weighted by Gasteiger charge is 2.18. The van der Waals surface area contributed by atoms with E-state index in [9.17, 15) is 0 Å². The number of aromatic nitrogens is 1. The Hall–Kier alpha value is -7.75. The monoisotopic (exact) mass is 740 g/mol. The Balaban J connectivity index is 1.04. The van der Waals surface area contributed by atoms with Gasteiger partial charge in [0.2, 0.25) is 5.89 Å². The van der Waals surface area contributed by atoms with Crippen molar-refractivity contribution in [2.75, 3.05) is 4.90 Å². The Labute approximate surface area is 336 Å². The number of oxazole rings is 1. The Morgan fingerprint density at radius 3 is 1.41 bits per heavy atom. The second-order valence-electron chi connectivity index (χ2n) is 14.8. The minimum atomic E-state index is 0.631. The molecule has 11 aromatic rings. The second-order valence-corrected chi connectivity index (χ2v) is 14.8. The lowest BCUT2D eigenvalue weighted by molar-refractivity contribution is 0.623. The first-order valence-corrected chi connectivity index (χ1v) is 19.7. The molecule has 58 heavy (non-hydrogen) atoms. The molecule has 1 heterocycles. The Morgan fingerprint density at radius 2 is 0.793 bits per heavy atom. The molecule has 0 unspecified atom stereocenters. The first kappa shape index (κ1) is 33.6. The van der Waals surface area contributed by atoms with Crippen molar-refractivity contribution in [2.45, 2.75) is 0 Å². The third-order valence-corrected chi connectivity index (χ3v) is 11.3. The average Bonchev–Trinajstić information content (AvgIpc) is 3.75. The molecule has 11 rings (SSSR count). The van der Waals surface area contributed by atoms with E-state index in [4.69, 9.17) is 9.40 Å². The highest BCUT2D eigenvalue weighted by Crippen LogP contribution is 2.42. The number of fused-ring (bicyclic) bond motifs is 7. The van der Waals surface area contributed by atoms with E-state index in [0.29, 0.717) is 5.89 Å². The summed E-state index contributed by atoms with van der Waals surface area (Å²) in [5.74, 6) is 0.631. The fourth-order valence-corrected chi connectivity index (χ4v) is 8.37. The Bertz CT molecular complexity index is 3240. The molecule has 0 aliphatic rings. The van der Waals surface area contributed by atoms with Gasteiger partial charge in [-0.25, -0.2) is 4.98 Å². The lowest BCUT2D eigenvalue weighted by Gasteiger charge is -2.26. The van der Waals surface area contributed by atoms with Crippen LogP contribution in [0.25, 0.3) is 88.3 Å². The highest BCUT2D eigenvalue weighted by molar-refractivity contribution is 6.26. The van der Waals surface area contributed by atoms with Crippen molar-refractivity contribution < 1.29 is 4.42 Å². The second kappa shape index (κ2) is 14.1. The number of benzene rings is 10. The van der Waals surface area contributed by atoms with E-state index in [0.717, 1.165) is 55.3 Å². The summed E-state index contributed by atoms with van der Waals surface area (Å²) in [5.41, 5.74) is 13.0.